The van der Waals surface area contributed by atoms with Gasteiger partial charge in [0.1, 0.15) is 11.6 Å². The lowest BCUT2D eigenvalue weighted by Crippen LogP contribution is -2.29. The molecule has 1 saturated heterocycles. The molecule has 27 heavy (non-hydrogen) atoms. The molecule has 0 bridgehead atoms. The molecule has 1 N–H and O–H groups in total. The van der Waals surface area contributed by atoms with Gasteiger partial charge in [0.15, 0.2) is 0 Å². The summed E-state index contributed by atoms with van der Waals surface area (Å²) >= 11 is 0. The standard InChI is InChI=1S/C18H15F2N3O4/c1-10-2-5-16(14(20)6-10)22-9-11(7-17(22)24)18(25)21-15-8-12(23(26)27)3-4-13(15)19/h2-6,8,11H,7,9H2,1H3,(H,21,25). The first-order valence-electron chi connectivity index (χ1n) is 8.07. The Balaban J connectivity index is 1.76. The topological polar surface area (TPSA) is 92.6 Å². The summed E-state index contributed by atoms with van der Waals surface area (Å²) in [5.74, 6) is -3.35. The fourth-order valence-electron chi connectivity index (χ4n) is 2.90. The van der Waals surface area contributed by atoms with Crippen molar-refractivity contribution in [3.05, 3.63) is 63.7 Å². The Bertz CT molecular complexity index is 948. The van der Waals surface area contributed by atoms with Crippen LogP contribution in [0.1, 0.15) is 12.0 Å². The van der Waals surface area contributed by atoms with Gasteiger partial charge in [0.05, 0.1) is 22.2 Å². The van der Waals surface area contributed by atoms with E-state index in [4.69, 9.17) is 0 Å². The van der Waals surface area contributed by atoms with Crippen molar-refractivity contribution in [3.8, 4) is 0 Å². The zero-order valence-electron chi connectivity index (χ0n) is 14.2. The lowest BCUT2D eigenvalue weighted by molar-refractivity contribution is -0.384. The molecule has 1 unspecified atom stereocenters. The number of halogens is 2. The first-order valence-corrected chi connectivity index (χ1v) is 8.07. The maximum atomic E-state index is 14.1. The zero-order valence-corrected chi connectivity index (χ0v) is 14.2. The third-order valence-electron chi connectivity index (χ3n) is 4.31. The van der Waals surface area contributed by atoms with E-state index in [1.807, 2.05) is 0 Å². The Hall–Kier alpha value is -3.36. The van der Waals surface area contributed by atoms with Crippen molar-refractivity contribution in [2.75, 3.05) is 16.8 Å². The van der Waals surface area contributed by atoms with Crippen LogP contribution in [0.25, 0.3) is 0 Å². The molecule has 0 aliphatic carbocycles. The van der Waals surface area contributed by atoms with E-state index in [1.165, 1.54) is 17.0 Å². The second-order valence-electron chi connectivity index (χ2n) is 6.27. The minimum atomic E-state index is -0.836. The third kappa shape index (κ3) is 3.76. The fourth-order valence-corrected chi connectivity index (χ4v) is 2.90. The Morgan fingerprint density at radius 3 is 2.63 bits per heavy atom. The molecule has 9 heteroatoms. The number of aryl methyl sites for hydroxylation is 1. The Kier molecular flexibility index (Phi) is 4.85. The summed E-state index contributed by atoms with van der Waals surface area (Å²) in [7, 11) is 0. The lowest BCUT2D eigenvalue weighted by Gasteiger charge is -2.18. The second kappa shape index (κ2) is 7.10. The molecule has 3 rings (SSSR count). The summed E-state index contributed by atoms with van der Waals surface area (Å²) < 4.78 is 27.9. The predicted octanol–water partition coefficient (Wildman–Crippen LogP) is 3.17. The summed E-state index contributed by atoms with van der Waals surface area (Å²) in [6.45, 7) is 1.64. The number of benzene rings is 2. The van der Waals surface area contributed by atoms with E-state index in [1.54, 1.807) is 13.0 Å². The molecular weight excluding hydrogens is 360 g/mol. The van der Waals surface area contributed by atoms with Crippen LogP contribution in [0.4, 0.5) is 25.8 Å². The van der Waals surface area contributed by atoms with E-state index in [9.17, 15) is 28.5 Å². The Labute approximate surface area is 152 Å². The number of non-ortho nitro benzene ring substituents is 1. The van der Waals surface area contributed by atoms with Crippen LogP contribution in [0.2, 0.25) is 0 Å². The van der Waals surface area contributed by atoms with Crippen molar-refractivity contribution < 1.29 is 23.3 Å². The summed E-state index contributed by atoms with van der Waals surface area (Å²) in [6.07, 6.45) is -0.171. The van der Waals surface area contributed by atoms with Crippen molar-refractivity contribution in [2.24, 2.45) is 5.92 Å². The molecule has 2 aromatic carbocycles. The quantitative estimate of drug-likeness (QED) is 0.656. The molecule has 0 radical (unpaired) electrons. The molecule has 1 heterocycles. The number of anilines is 2. The van der Waals surface area contributed by atoms with Crippen molar-refractivity contribution >= 4 is 28.9 Å². The van der Waals surface area contributed by atoms with Gasteiger partial charge in [-0.3, -0.25) is 19.7 Å². The van der Waals surface area contributed by atoms with Crippen LogP contribution >= 0.6 is 0 Å². The summed E-state index contributed by atoms with van der Waals surface area (Å²) in [5, 5.41) is 13.1. The van der Waals surface area contributed by atoms with Crippen LogP contribution in [0.5, 0.6) is 0 Å². The van der Waals surface area contributed by atoms with E-state index in [0.29, 0.717) is 5.56 Å². The van der Waals surface area contributed by atoms with Crippen LogP contribution in [0, 0.1) is 34.6 Å². The molecule has 0 spiro atoms. The number of carbonyl (C=O) groups is 2. The monoisotopic (exact) mass is 375 g/mol. The van der Waals surface area contributed by atoms with Crippen molar-refractivity contribution in [1.82, 2.24) is 0 Å². The van der Waals surface area contributed by atoms with Crippen LogP contribution < -0.4 is 10.2 Å². The Morgan fingerprint density at radius 1 is 1.22 bits per heavy atom. The maximum Gasteiger partial charge on any atom is 0.271 e. The summed E-state index contributed by atoms with van der Waals surface area (Å²) in [4.78, 5) is 35.8. The van der Waals surface area contributed by atoms with Crippen LogP contribution in [0.3, 0.4) is 0 Å². The van der Waals surface area contributed by atoms with E-state index in [2.05, 4.69) is 5.32 Å². The van der Waals surface area contributed by atoms with E-state index < -0.39 is 34.3 Å². The number of hydrogen-bond acceptors (Lipinski definition) is 4. The molecule has 1 aliphatic heterocycles. The van der Waals surface area contributed by atoms with Gasteiger partial charge in [-0.25, -0.2) is 8.78 Å². The van der Waals surface area contributed by atoms with Crippen molar-refractivity contribution in [1.29, 1.82) is 0 Å². The largest absolute Gasteiger partial charge is 0.323 e. The van der Waals surface area contributed by atoms with E-state index >= 15 is 0 Å². The number of nitrogens with zero attached hydrogens (tertiary/aromatic N) is 2. The average Bonchev–Trinajstić information content (AvgIpc) is 2.98. The van der Waals surface area contributed by atoms with Gasteiger partial charge in [-0.1, -0.05) is 6.07 Å². The zero-order chi connectivity index (χ0) is 19.7. The molecule has 2 amide bonds. The van der Waals surface area contributed by atoms with Gasteiger partial charge in [-0.2, -0.15) is 0 Å². The summed E-state index contributed by atoms with van der Waals surface area (Å²) in [6, 6.07) is 7.16. The number of carbonyl (C=O) groups excluding carboxylic acids is 2. The molecule has 140 valence electrons. The summed E-state index contributed by atoms with van der Waals surface area (Å²) in [5.41, 5.74) is 0.0416. The third-order valence-corrected chi connectivity index (χ3v) is 4.31. The van der Waals surface area contributed by atoms with Gasteiger partial charge in [0.2, 0.25) is 11.8 Å². The SMILES string of the molecule is Cc1ccc(N2CC(C(=O)Nc3cc([N+](=O)[O-])ccc3F)CC2=O)c(F)c1. The molecule has 2 aromatic rings. The normalized spacial score (nSPS) is 16.5. The van der Waals surface area contributed by atoms with Crippen LogP contribution in [0.15, 0.2) is 36.4 Å². The highest BCUT2D eigenvalue weighted by atomic mass is 19.1. The predicted molar refractivity (Wildman–Crippen MR) is 93.3 cm³/mol. The van der Waals surface area contributed by atoms with E-state index in [0.717, 1.165) is 18.2 Å². The molecule has 1 fully saturated rings. The molecule has 7 nitrogen and oxygen atoms in total. The number of amides is 2. The van der Waals surface area contributed by atoms with Gasteiger partial charge in [0, 0.05) is 25.1 Å². The van der Waals surface area contributed by atoms with Gasteiger partial charge < -0.3 is 10.2 Å². The minimum absolute atomic E-state index is 0.0683. The highest BCUT2D eigenvalue weighted by Gasteiger charge is 2.36. The number of nitrogens with one attached hydrogen (secondary N) is 1. The smallest absolute Gasteiger partial charge is 0.271 e. The lowest BCUT2D eigenvalue weighted by atomic mass is 10.1. The van der Waals surface area contributed by atoms with Crippen LogP contribution in [-0.2, 0) is 9.59 Å². The van der Waals surface area contributed by atoms with Crippen molar-refractivity contribution in [3.63, 3.8) is 0 Å². The first kappa shape index (κ1) is 18.4. The first-order chi connectivity index (χ1) is 12.8. The van der Waals surface area contributed by atoms with Gasteiger partial charge >= 0.3 is 0 Å². The molecule has 0 saturated carbocycles. The Morgan fingerprint density at radius 2 is 1.96 bits per heavy atom. The van der Waals surface area contributed by atoms with Gasteiger partial charge in [-0.15, -0.1) is 0 Å². The number of rotatable bonds is 4. The second-order valence-corrected chi connectivity index (χ2v) is 6.27. The highest BCUT2D eigenvalue weighted by molar-refractivity contribution is 6.03. The van der Waals surface area contributed by atoms with Crippen LogP contribution in [-0.4, -0.2) is 23.3 Å². The maximum absolute atomic E-state index is 14.1. The molecule has 0 aromatic heterocycles. The fraction of sp³-hybridized carbons (Fsp3) is 0.222. The molecular formula is C18H15F2N3O4. The number of nitro groups is 1. The van der Waals surface area contributed by atoms with Crippen molar-refractivity contribution in [2.45, 2.75) is 13.3 Å². The van der Waals surface area contributed by atoms with Gasteiger partial charge in [0.25, 0.3) is 5.69 Å². The average molecular weight is 375 g/mol. The number of hydrogen-bond donors (Lipinski definition) is 1. The van der Waals surface area contributed by atoms with Gasteiger partial charge in [-0.05, 0) is 30.7 Å². The molecule has 1 atom stereocenters. The minimum Gasteiger partial charge on any atom is -0.323 e. The highest BCUT2D eigenvalue weighted by Crippen LogP contribution is 2.29. The molecule has 1 aliphatic rings. The number of nitro benzene ring substituents is 1. The van der Waals surface area contributed by atoms with E-state index in [-0.39, 0.29) is 30.0 Å².